The Kier molecular flexibility index (Phi) is 4.83. The molecule has 0 saturated heterocycles. The van der Waals surface area contributed by atoms with Gasteiger partial charge in [-0.1, -0.05) is 6.07 Å². The molecule has 0 aliphatic heterocycles. The number of anilines is 1. The minimum Gasteiger partial charge on any atom is -0.322 e. The van der Waals surface area contributed by atoms with Crippen molar-refractivity contribution in [3.63, 3.8) is 0 Å². The standard InChI is InChI=1S/C17H17N5O3S/c1-12-3-5-14(9-15(12)26(24,25)18-2)21-17(23)13-4-6-16(20-10-13)22-8-7-19-11-22/h3-11,18H,1-2H3,(H,21,23). The Hall–Kier alpha value is -3.04. The van der Waals surface area contributed by atoms with E-state index in [4.69, 9.17) is 0 Å². The number of benzene rings is 1. The lowest BCUT2D eigenvalue weighted by Crippen LogP contribution is -2.20. The first kappa shape index (κ1) is 17.8. The highest BCUT2D eigenvalue weighted by atomic mass is 32.2. The van der Waals surface area contributed by atoms with Crippen LogP contribution in [0.25, 0.3) is 5.82 Å². The van der Waals surface area contributed by atoms with Gasteiger partial charge in [-0.05, 0) is 43.8 Å². The van der Waals surface area contributed by atoms with Crippen molar-refractivity contribution in [2.75, 3.05) is 12.4 Å². The van der Waals surface area contributed by atoms with E-state index < -0.39 is 10.0 Å². The molecule has 26 heavy (non-hydrogen) atoms. The first-order valence-electron chi connectivity index (χ1n) is 7.70. The number of nitrogens with zero attached hydrogens (tertiary/aromatic N) is 3. The normalized spacial score (nSPS) is 11.3. The number of imidazole rings is 1. The number of amides is 1. The molecule has 0 bridgehead atoms. The van der Waals surface area contributed by atoms with Gasteiger partial charge in [0.15, 0.2) is 0 Å². The van der Waals surface area contributed by atoms with Crippen molar-refractivity contribution < 1.29 is 13.2 Å². The van der Waals surface area contributed by atoms with Gasteiger partial charge in [0.1, 0.15) is 12.1 Å². The SMILES string of the molecule is CNS(=O)(=O)c1cc(NC(=O)c2ccc(-n3ccnc3)nc2)ccc1C. The van der Waals surface area contributed by atoms with Crippen LogP contribution in [0.4, 0.5) is 5.69 Å². The third-order valence-corrected chi connectivity index (χ3v) is 5.34. The maximum Gasteiger partial charge on any atom is 0.257 e. The number of hydrogen-bond acceptors (Lipinski definition) is 5. The summed E-state index contributed by atoms with van der Waals surface area (Å²) in [6, 6.07) is 8.04. The number of sulfonamides is 1. The number of nitrogens with one attached hydrogen (secondary N) is 2. The predicted octanol–water partition coefficient (Wildman–Crippen LogP) is 1.74. The molecule has 3 aromatic rings. The predicted molar refractivity (Wildman–Crippen MR) is 96.7 cm³/mol. The largest absolute Gasteiger partial charge is 0.322 e. The summed E-state index contributed by atoms with van der Waals surface area (Å²) in [6.45, 7) is 1.69. The number of rotatable bonds is 5. The van der Waals surface area contributed by atoms with Crippen LogP contribution in [-0.2, 0) is 10.0 Å². The monoisotopic (exact) mass is 371 g/mol. The third kappa shape index (κ3) is 3.63. The molecule has 0 spiro atoms. The lowest BCUT2D eigenvalue weighted by molar-refractivity contribution is 0.102. The molecule has 2 N–H and O–H groups in total. The Bertz CT molecular complexity index is 1030. The van der Waals surface area contributed by atoms with Crippen LogP contribution in [0.15, 0.2) is 60.1 Å². The van der Waals surface area contributed by atoms with E-state index in [1.54, 1.807) is 54.5 Å². The Morgan fingerprint density at radius 3 is 2.62 bits per heavy atom. The van der Waals surface area contributed by atoms with E-state index in [1.165, 1.54) is 19.3 Å². The van der Waals surface area contributed by atoms with E-state index in [0.717, 1.165) is 0 Å². The highest BCUT2D eigenvalue weighted by molar-refractivity contribution is 7.89. The second-order valence-corrected chi connectivity index (χ2v) is 7.37. The van der Waals surface area contributed by atoms with Gasteiger partial charge in [0.05, 0.1) is 10.5 Å². The highest BCUT2D eigenvalue weighted by Crippen LogP contribution is 2.20. The number of hydrogen-bond donors (Lipinski definition) is 2. The van der Waals surface area contributed by atoms with Crippen LogP contribution in [0.2, 0.25) is 0 Å². The molecule has 2 heterocycles. The number of carbonyl (C=O) groups excluding carboxylic acids is 1. The van der Waals surface area contributed by atoms with E-state index in [2.05, 4.69) is 20.0 Å². The van der Waals surface area contributed by atoms with E-state index >= 15 is 0 Å². The zero-order valence-electron chi connectivity index (χ0n) is 14.2. The van der Waals surface area contributed by atoms with Crippen molar-refractivity contribution in [3.8, 4) is 5.82 Å². The zero-order valence-corrected chi connectivity index (χ0v) is 15.0. The second-order valence-electron chi connectivity index (χ2n) is 5.52. The summed E-state index contributed by atoms with van der Waals surface area (Å²) in [5, 5.41) is 2.69. The minimum atomic E-state index is -3.60. The number of aryl methyl sites for hydroxylation is 1. The molecule has 0 fully saturated rings. The van der Waals surface area contributed by atoms with Gasteiger partial charge >= 0.3 is 0 Å². The number of carbonyl (C=O) groups is 1. The fourth-order valence-electron chi connectivity index (χ4n) is 2.35. The molecule has 0 radical (unpaired) electrons. The fraction of sp³-hybridized carbons (Fsp3) is 0.118. The van der Waals surface area contributed by atoms with Crippen molar-refractivity contribution in [3.05, 3.63) is 66.4 Å². The van der Waals surface area contributed by atoms with Gasteiger partial charge in [-0.3, -0.25) is 9.36 Å². The van der Waals surface area contributed by atoms with Crippen LogP contribution in [0.1, 0.15) is 15.9 Å². The molecule has 0 saturated carbocycles. The lowest BCUT2D eigenvalue weighted by atomic mass is 10.2. The summed E-state index contributed by atoms with van der Waals surface area (Å²) in [4.78, 5) is 20.7. The highest BCUT2D eigenvalue weighted by Gasteiger charge is 2.16. The Balaban J connectivity index is 1.81. The molecule has 1 amide bonds. The first-order valence-corrected chi connectivity index (χ1v) is 9.19. The first-order chi connectivity index (χ1) is 12.4. The summed E-state index contributed by atoms with van der Waals surface area (Å²) < 4.78 is 28.1. The molecule has 0 atom stereocenters. The molecule has 0 aliphatic carbocycles. The zero-order chi connectivity index (χ0) is 18.7. The smallest absolute Gasteiger partial charge is 0.257 e. The molecule has 0 aliphatic rings. The van der Waals surface area contributed by atoms with Gasteiger partial charge in [0.2, 0.25) is 10.0 Å². The molecule has 9 heteroatoms. The Morgan fingerprint density at radius 2 is 2.00 bits per heavy atom. The van der Waals surface area contributed by atoms with E-state index in [9.17, 15) is 13.2 Å². The lowest BCUT2D eigenvalue weighted by Gasteiger charge is -2.10. The van der Waals surface area contributed by atoms with Gasteiger partial charge < -0.3 is 5.32 Å². The van der Waals surface area contributed by atoms with Gasteiger partial charge in [0.25, 0.3) is 5.91 Å². The Morgan fingerprint density at radius 1 is 1.19 bits per heavy atom. The molecule has 134 valence electrons. The molecular weight excluding hydrogens is 354 g/mol. The average molecular weight is 371 g/mol. The molecule has 1 aromatic carbocycles. The van der Waals surface area contributed by atoms with Gasteiger partial charge in [-0.25, -0.2) is 23.1 Å². The maximum absolute atomic E-state index is 12.4. The topological polar surface area (TPSA) is 106 Å². The summed E-state index contributed by atoms with van der Waals surface area (Å²) in [5.41, 5.74) is 1.32. The van der Waals surface area contributed by atoms with Crippen molar-refractivity contribution in [1.29, 1.82) is 0 Å². The number of pyridine rings is 1. The minimum absolute atomic E-state index is 0.117. The average Bonchev–Trinajstić information content (AvgIpc) is 3.18. The fourth-order valence-corrected chi connectivity index (χ4v) is 3.34. The van der Waals surface area contributed by atoms with Crippen LogP contribution < -0.4 is 10.0 Å². The van der Waals surface area contributed by atoms with Crippen LogP contribution >= 0.6 is 0 Å². The molecule has 2 aromatic heterocycles. The van der Waals surface area contributed by atoms with Gasteiger partial charge in [0, 0.05) is 24.3 Å². The molecular formula is C17H17N5O3S. The third-order valence-electron chi connectivity index (χ3n) is 3.78. The summed E-state index contributed by atoms with van der Waals surface area (Å²) in [7, 11) is -2.26. The van der Waals surface area contributed by atoms with Crippen LogP contribution in [-0.4, -0.2) is 35.9 Å². The van der Waals surface area contributed by atoms with Gasteiger partial charge in [-0.15, -0.1) is 0 Å². The summed E-state index contributed by atoms with van der Waals surface area (Å²) in [5.74, 6) is 0.253. The summed E-state index contributed by atoms with van der Waals surface area (Å²) >= 11 is 0. The van der Waals surface area contributed by atoms with Crippen LogP contribution in [0, 0.1) is 6.92 Å². The number of aromatic nitrogens is 3. The molecule has 3 rings (SSSR count). The van der Waals surface area contributed by atoms with Crippen molar-refractivity contribution >= 4 is 21.6 Å². The van der Waals surface area contributed by atoms with Crippen LogP contribution in [0.5, 0.6) is 0 Å². The van der Waals surface area contributed by atoms with Gasteiger partial charge in [-0.2, -0.15) is 0 Å². The summed E-state index contributed by atoms with van der Waals surface area (Å²) in [6.07, 6.45) is 6.44. The van der Waals surface area contributed by atoms with E-state index in [-0.39, 0.29) is 10.8 Å². The Labute approximate surface area is 151 Å². The van der Waals surface area contributed by atoms with E-state index in [0.29, 0.717) is 22.6 Å². The van der Waals surface area contributed by atoms with E-state index in [1.807, 2.05) is 0 Å². The van der Waals surface area contributed by atoms with Crippen molar-refractivity contribution in [1.82, 2.24) is 19.3 Å². The van der Waals surface area contributed by atoms with Crippen molar-refractivity contribution in [2.24, 2.45) is 0 Å². The second kappa shape index (κ2) is 7.06. The van der Waals surface area contributed by atoms with Crippen LogP contribution in [0.3, 0.4) is 0 Å². The molecule has 0 unspecified atom stereocenters. The quantitative estimate of drug-likeness (QED) is 0.710. The molecule has 8 nitrogen and oxygen atoms in total. The maximum atomic E-state index is 12.4. The van der Waals surface area contributed by atoms with Crippen molar-refractivity contribution in [2.45, 2.75) is 11.8 Å².